The summed E-state index contributed by atoms with van der Waals surface area (Å²) in [6, 6.07) is 8.35. The van der Waals surface area contributed by atoms with Crippen LogP contribution in [0.5, 0.6) is 0 Å². The Balaban J connectivity index is 1.51. The highest BCUT2D eigenvalue weighted by Gasteiger charge is 2.13. The molecule has 7 heteroatoms. The van der Waals surface area contributed by atoms with Gasteiger partial charge in [0, 0.05) is 43.6 Å². The molecule has 0 aliphatic carbocycles. The second-order valence-corrected chi connectivity index (χ2v) is 7.80. The number of nitrogens with one attached hydrogen (secondary N) is 2. The van der Waals surface area contributed by atoms with E-state index in [-0.39, 0.29) is 0 Å². The third-order valence-electron chi connectivity index (χ3n) is 5.01. The molecule has 1 aromatic carbocycles. The molecule has 0 saturated heterocycles. The van der Waals surface area contributed by atoms with Gasteiger partial charge in [0.05, 0.1) is 11.9 Å². The number of para-hydroxylation sites is 1. The van der Waals surface area contributed by atoms with E-state index in [9.17, 15) is 0 Å². The van der Waals surface area contributed by atoms with Crippen molar-refractivity contribution < 1.29 is 4.74 Å². The van der Waals surface area contributed by atoms with Crippen molar-refractivity contribution in [2.45, 2.75) is 19.3 Å². The molecular formula is C22H24BrN5O. The first-order valence-electron chi connectivity index (χ1n) is 9.67. The highest BCUT2D eigenvalue weighted by molar-refractivity contribution is 9.10. The molecule has 0 atom stereocenters. The van der Waals surface area contributed by atoms with Gasteiger partial charge in [-0.3, -0.25) is 4.40 Å². The SMILES string of the molecule is C=C(CCCOC)c1cnc2c(NCCc3c[nH]c4ccccc34)nc(Br)cn12. The third-order valence-corrected chi connectivity index (χ3v) is 5.40. The average Bonchev–Trinajstić information content (AvgIpc) is 3.32. The van der Waals surface area contributed by atoms with Crippen molar-refractivity contribution in [2.75, 3.05) is 25.6 Å². The second kappa shape index (κ2) is 8.80. The summed E-state index contributed by atoms with van der Waals surface area (Å²) in [6.07, 6.45) is 8.57. The monoisotopic (exact) mass is 453 g/mol. The fourth-order valence-electron chi connectivity index (χ4n) is 3.55. The summed E-state index contributed by atoms with van der Waals surface area (Å²) in [4.78, 5) is 12.5. The minimum atomic E-state index is 0.724. The highest BCUT2D eigenvalue weighted by atomic mass is 79.9. The van der Waals surface area contributed by atoms with Crippen LogP contribution in [0.25, 0.3) is 22.1 Å². The number of hydrogen-bond acceptors (Lipinski definition) is 4. The minimum absolute atomic E-state index is 0.724. The fraction of sp³-hybridized carbons (Fsp3) is 0.273. The van der Waals surface area contributed by atoms with Gasteiger partial charge >= 0.3 is 0 Å². The Morgan fingerprint density at radius 1 is 1.34 bits per heavy atom. The average molecular weight is 454 g/mol. The lowest BCUT2D eigenvalue weighted by Crippen LogP contribution is -2.08. The lowest BCUT2D eigenvalue weighted by Gasteiger charge is -2.10. The van der Waals surface area contributed by atoms with Crippen molar-refractivity contribution >= 4 is 43.9 Å². The summed E-state index contributed by atoms with van der Waals surface area (Å²) in [5.41, 5.74) is 5.29. The number of aromatic amines is 1. The Bertz CT molecular complexity index is 1150. The van der Waals surface area contributed by atoms with E-state index in [1.165, 1.54) is 10.9 Å². The molecule has 29 heavy (non-hydrogen) atoms. The molecule has 0 saturated carbocycles. The predicted octanol–water partition coefficient (Wildman–Crippen LogP) is 5.07. The number of H-pyrrole nitrogens is 1. The lowest BCUT2D eigenvalue weighted by molar-refractivity contribution is 0.196. The first-order chi connectivity index (χ1) is 14.2. The van der Waals surface area contributed by atoms with Gasteiger partial charge in [-0.05, 0) is 52.4 Å². The van der Waals surface area contributed by atoms with Crippen LogP contribution >= 0.6 is 15.9 Å². The third kappa shape index (κ3) is 4.21. The quantitative estimate of drug-likeness (QED) is 0.347. The summed E-state index contributed by atoms with van der Waals surface area (Å²) in [7, 11) is 1.72. The molecule has 2 N–H and O–H groups in total. The summed E-state index contributed by atoms with van der Waals surface area (Å²) >= 11 is 3.52. The summed E-state index contributed by atoms with van der Waals surface area (Å²) < 4.78 is 7.94. The zero-order valence-electron chi connectivity index (χ0n) is 16.4. The zero-order valence-corrected chi connectivity index (χ0v) is 18.0. The molecule has 3 heterocycles. The van der Waals surface area contributed by atoms with Gasteiger partial charge in [-0.2, -0.15) is 0 Å². The van der Waals surface area contributed by atoms with E-state index in [2.05, 4.69) is 67.2 Å². The van der Waals surface area contributed by atoms with E-state index in [0.29, 0.717) is 0 Å². The Kier molecular flexibility index (Phi) is 5.97. The van der Waals surface area contributed by atoms with E-state index < -0.39 is 0 Å². The number of anilines is 1. The van der Waals surface area contributed by atoms with Gasteiger partial charge in [0.25, 0.3) is 0 Å². The van der Waals surface area contributed by atoms with Crippen LogP contribution < -0.4 is 5.32 Å². The molecule has 0 unspecified atom stereocenters. The number of imidazole rings is 1. The number of allylic oxidation sites excluding steroid dienone is 1. The van der Waals surface area contributed by atoms with Crippen molar-refractivity contribution in [3.63, 3.8) is 0 Å². The van der Waals surface area contributed by atoms with Crippen LogP contribution in [0.15, 0.2) is 54.0 Å². The molecule has 6 nitrogen and oxygen atoms in total. The number of aromatic nitrogens is 4. The van der Waals surface area contributed by atoms with E-state index in [1.54, 1.807) is 7.11 Å². The Hall–Kier alpha value is -2.64. The predicted molar refractivity (Wildman–Crippen MR) is 121 cm³/mol. The number of rotatable bonds is 9. The van der Waals surface area contributed by atoms with Gasteiger partial charge in [-0.1, -0.05) is 24.8 Å². The molecule has 0 amide bonds. The van der Waals surface area contributed by atoms with Crippen LogP contribution in [0, 0.1) is 0 Å². The molecule has 4 aromatic rings. The smallest absolute Gasteiger partial charge is 0.180 e. The van der Waals surface area contributed by atoms with Gasteiger partial charge in [0.2, 0.25) is 0 Å². The largest absolute Gasteiger partial charge is 0.385 e. The lowest BCUT2D eigenvalue weighted by atomic mass is 10.1. The zero-order chi connectivity index (χ0) is 20.2. The molecular weight excluding hydrogens is 430 g/mol. The van der Waals surface area contributed by atoms with Crippen molar-refractivity contribution in [3.8, 4) is 0 Å². The minimum Gasteiger partial charge on any atom is -0.385 e. The maximum absolute atomic E-state index is 5.14. The molecule has 0 radical (unpaired) electrons. The number of halogens is 1. The van der Waals surface area contributed by atoms with E-state index in [0.717, 1.165) is 65.3 Å². The Morgan fingerprint density at radius 2 is 2.21 bits per heavy atom. The van der Waals surface area contributed by atoms with Gasteiger partial charge in [0.15, 0.2) is 11.5 Å². The first kappa shape index (κ1) is 19.7. The molecule has 0 fully saturated rings. The van der Waals surface area contributed by atoms with Crippen LogP contribution in [0.4, 0.5) is 5.82 Å². The number of hydrogen-bond donors (Lipinski definition) is 2. The topological polar surface area (TPSA) is 67.2 Å². The molecule has 0 bridgehead atoms. The van der Waals surface area contributed by atoms with E-state index in [1.807, 2.05) is 22.9 Å². The van der Waals surface area contributed by atoms with Crippen LogP contribution in [-0.4, -0.2) is 39.6 Å². The molecule has 0 spiro atoms. The highest BCUT2D eigenvalue weighted by Crippen LogP contribution is 2.25. The van der Waals surface area contributed by atoms with E-state index >= 15 is 0 Å². The van der Waals surface area contributed by atoms with Gasteiger partial charge in [-0.25, -0.2) is 9.97 Å². The number of nitrogens with zero attached hydrogens (tertiary/aromatic N) is 3. The number of methoxy groups -OCH3 is 1. The van der Waals surface area contributed by atoms with Crippen LogP contribution in [0.1, 0.15) is 24.1 Å². The van der Waals surface area contributed by atoms with E-state index in [4.69, 9.17) is 4.74 Å². The fourth-order valence-corrected chi connectivity index (χ4v) is 3.93. The van der Waals surface area contributed by atoms with Gasteiger partial charge in [-0.15, -0.1) is 0 Å². The van der Waals surface area contributed by atoms with Gasteiger partial charge < -0.3 is 15.0 Å². The van der Waals surface area contributed by atoms with Crippen molar-refractivity contribution in [1.82, 2.24) is 19.4 Å². The Morgan fingerprint density at radius 3 is 3.07 bits per heavy atom. The number of benzene rings is 1. The summed E-state index contributed by atoms with van der Waals surface area (Å²) in [5.74, 6) is 0.759. The van der Waals surface area contributed by atoms with Crippen LogP contribution in [-0.2, 0) is 11.2 Å². The van der Waals surface area contributed by atoms with Crippen molar-refractivity contribution in [3.05, 3.63) is 65.3 Å². The summed E-state index contributed by atoms with van der Waals surface area (Å²) in [5, 5.41) is 4.71. The molecule has 0 aliphatic rings. The molecule has 0 aliphatic heterocycles. The maximum Gasteiger partial charge on any atom is 0.180 e. The second-order valence-electron chi connectivity index (χ2n) is 6.99. The molecule has 4 rings (SSSR count). The number of fused-ring (bicyclic) bond motifs is 2. The summed E-state index contributed by atoms with van der Waals surface area (Å²) in [6.45, 7) is 5.71. The molecule has 150 valence electrons. The first-order valence-corrected chi connectivity index (χ1v) is 10.5. The maximum atomic E-state index is 5.14. The van der Waals surface area contributed by atoms with Crippen LogP contribution in [0.3, 0.4) is 0 Å². The standard InChI is InChI=1S/C22H24BrN5O/c1-15(6-5-11-29-2)19-13-26-22-21(27-20(23)14-28(19)22)24-10-9-16-12-25-18-8-4-3-7-17(16)18/h3-4,7-8,12-14,25H,1,5-6,9-11H2,2H3,(H,24,27). The van der Waals surface area contributed by atoms with Gasteiger partial charge in [0.1, 0.15) is 4.60 Å². The van der Waals surface area contributed by atoms with Crippen LogP contribution in [0.2, 0.25) is 0 Å². The normalized spacial score (nSPS) is 11.4. The number of ether oxygens (including phenoxy) is 1. The molecule has 3 aromatic heterocycles. The van der Waals surface area contributed by atoms with Crippen molar-refractivity contribution in [2.24, 2.45) is 0 Å². The van der Waals surface area contributed by atoms with Crippen molar-refractivity contribution in [1.29, 1.82) is 0 Å². The Labute approximate surface area is 178 Å².